The molecule has 4 heteroatoms. The summed E-state index contributed by atoms with van der Waals surface area (Å²) >= 11 is 5.16. The summed E-state index contributed by atoms with van der Waals surface area (Å²) < 4.78 is 6.49. The molecule has 0 amide bonds. The van der Waals surface area contributed by atoms with Crippen molar-refractivity contribution in [3.05, 3.63) is 28.2 Å². The fraction of sp³-hybridized carbons (Fsp3) is 0.462. The van der Waals surface area contributed by atoms with E-state index >= 15 is 0 Å². The van der Waals surface area contributed by atoms with Gasteiger partial charge in [-0.1, -0.05) is 15.9 Å². The summed E-state index contributed by atoms with van der Waals surface area (Å²) in [5.74, 6) is 0.111. The maximum absolute atomic E-state index is 11.6. The summed E-state index contributed by atoms with van der Waals surface area (Å²) in [5.41, 5.74) is 0.795. The van der Waals surface area contributed by atoms with Gasteiger partial charge in [-0.05, 0) is 38.5 Å². The lowest BCUT2D eigenvalue weighted by molar-refractivity contribution is 0.101. The molecule has 1 aromatic rings. The van der Waals surface area contributed by atoms with Crippen molar-refractivity contribution in [2.24, 2.45) is 0 Å². The monoisotopic (exact) mass is 314 g/mol. The molecular formula is C13H15BrO2S. The van der Waals surface area contributed by atoms with Crippen LogP contribution >= 0.6 is 27.7 Å². The van der Waals surface area contributed by atoms with Crippen molar-refractivity contribution in [3.8, 4) is 0 Å². The van der Waals surface area contributed by atoms with Crippen LogP contribution in [0.1, 0.15) is 30.6 Å². The highest BCUT2D eigenvalue weighted by atomic mass is 79.9. The second-order valence-electron chi connectivity index (χ2n) is 4.22. The molecule has 1 aliphatic heterocycles. The van der Waals surface area contributed by atoms with Gasteiger partial charge in [-0.15, -0.1) is 11.8 Å². The summed E-state index contributed by atoms with van der Waals surface area (Å²) in [6, 6.07) is 5.89. The highest BCUT2D eigenvalue weighted by molar-refractivity contribution is 9.10. The quantitative estimate of drug-likeness (QED) is 0.791. The Morgan fingerprint density at radius 1 is 1.53 bits per heavy atom. The molecule has 0 N–H and O–H groups in total. The van der Waals surface area contributed by atoms with Crippen molar-refractivity contribution in [1.82, 2.24) is 0 Å². The lowest BCUT2D eigenvalue weighted by atomic mass is 10.1. The highest BCUT2D eigenvalue weighted by Crippen LogP contribution is 2.35. The van der Waals surface area contributed by atoms with Crippen molar-refractivity contribution in [2.45, 2.75) is 36.5 Å². The molecular weight excluding hydrogens is 300 g/mol. The molecule has 2 nitrogen and oxygen atoms in total. The van der Waals surface area contributed by atoms with E-state index < -0.39 is 0 Å². The van der Waals surface area contributed by atoms with Gasteiger partial charge in [0.15, 0.2) is 5.78 Å². The maximum Gasteiger partial charge on any atom is 0.160 e. The van der Waals surface area contributed by atoms with Gasteiger partial charge in [0.2, 0.25) is 0 Å². The molecule has 0 aromatic heterocycles. The average Bonchev–Trinajstić information content (AvgIpc) is 2.67. The summed E-state index contributed by atoms with van der Waals surface area (Å²) in [6.07, 6.45) is 1.32. The Morgan fingerprint density at radius 2 is 2.29 bits per heavy atom. The molecule has 2 unspecified atom stereocenters. The Morgan fingerprint density at radius 3 is 2.88 bits per heavy atom. The van der Waals surface area contributed by atoms with Gasteiger partial charge in [0.25, 0.3) is 0 Å². The number of carbonyl (C=O) groups excluding carboxylic acids is 1. The van der Waals surface area contributed by atoms with E-state index in [1.54, 1.807) is 18.7 Å². The zero-order valence-corrected chi connectivity index (χ0v) is 12.3. The number of rotatable bonds is 3. The molecule has 0 aliphatic carbocycles. The number of carbonyl (C=O) groups is 1. The third-order valence-corrected chi connectivity index (χ3v) is 4.93. The van der Waals surface area contributed by atoms with Gasteiger partial charge in [-0.2, -0.15) is 0 Å². The molecule has 0 saturated carbocycles. The van der Waals surface area contributed by atoms with Crippen LogP contribution in [0.3, 0.4) is 0 Å². The standard InChI is InChI=1S/C13H15BrO2S/c1-8(15)11-7-10(14)3-4-13(11)17-12-5-6-16-9(12)2/h3-4,7,9,12H,5-6H2,1-2H3. The normalized spacial score (nSPS) is 23.9. The molecule has 92 valence electrons. The molecule has 2 rings (SSSR count). The predicted molar refractivity (Wildman–Crippen MR) is 73.8 cm³/mol. The fourth-order valence-corrected chi connectivity index (χ4v) is 3.56. The van der Waals surface area contributed by atoms with Crippen LogP contribution in [0, 0.1) is 0 Å². The summed E-state index contributed by atoms with van der Waals surface area (Å²) in [7, 11) is 0. The lowest BCUT2D eigenvalue weighted by Crippen LogP contribution is -2.13. The van der Waals surface area contributed by atoms with E-state index in [-0.39, 0.29) is 11.9 Å². The molecule has 0 radical (unpaired) electrons. The molecule has 1 aromatic carbocycles. The minimum absolute atomic E-state index is 0.111. The SMILES string of the molecule is CC(=O)c1cc(Br)ccc1SC1CCOC1C. The van der Waals surface area contributed by atoms with Crippen LogP contribution < -0.4 is 0 Å². The van der Waals surface area contributed by atoms with Gasteiger partial charge >= 0.3 is 0 Å². The number of Topliss-reactive ketones (excluding diaryl/α,β-unsaturated/α-hetero) is 1. The Bertz CT molecular complexity index is 433. The molecule has 0 bridgehead atoms. The van der Waals surface area contributed by atoms with Crippen LogP contribution in [0.4, 0.5) is 0 Å². The second kappa shape index (κ2) is 5.55. The van der Waals surface area contributed by atoms with Gasteiger partial charge in [0.05, 0.1) is 6.10 Å². The van der Waals surface area contributed by atoms with Gasteiger partial charge in [0.1, 0.15) is 0 Å². The fourth-order valence-electron chi connectivity index (χ4n) is 1.91. The number of thioether (sulfide) groups is 1. The molecule has 1 heterocycles. The number of ether oxygens (including phenoxy) is 1. The first-order chi connectivity index (χ1) is 8.08. The number of ketones is 1. The average molecular weight is 315 g/mol. The van der Waals surface area contributed by atoms with Gasteiger partial charge in [-0.25, -0.2) is 0 Å². The maximum atomic E-state index is 11.6. The van der Waals surface area contributed by atoms with Crippen LogP contribution in [0.5, 0.6) is 0 Å². The first-order valence-corrected chi connectivity index (χ1v) is 7.34. The molecule has 2 atom stereocenters. The Labute approximate surface area is 114 Å². The van der Waals surface area contributed by atoms with E-state index in [0.717, 1.165) is 28.0 Å². The zero-order chi connectivity index (χ0) is 12.4. The second-order valence-corrected chi connectivity index (χ2v) is 6.41. The third-order valence-electron chi connectivity index (χ3n) is 2.91. The number of hydrogen-bond acceptors (Lipinski definition) is 3. The van der Waals surface area contributed by atoms with Crippen LogP contribution in [-0.4, -0.2) is 23.7 Å². The van der Waals surface area contributed by atoms with E-state index in [1.807, 2.05) is 18.2 Å². The topological polar surface area (TPSA) is 26.3 Å². The van der Waals surface area contributed by atoms with Gasteiger partial charge in [0, 0.05) is 26.8 Å². The van der Waals surface area contributed by atoms with Gasteiger partial charge < -0.3 is 4.74 Å². The van der Waals surface area contributed by atoms with Crippen LogP contribution in [-0.2, 0) is 4.74 Å². The van der Waals surface area contributed by atoms with E-state index in [1.165, 1.54) is 0 Å². The molecule has 0 spiro atoms. The van der Waals surface area contributed by atoms with Crippen LogP contribution in [0.25, 0.3) is 0 Å². The van der Waals surface area contributed by atoms with E-state index in [9.17, 15) is 4.79 Å². The highest BCUT2D eigenvalue weighted by Gasteiger charge is 2.26. The van der Waals surface area contributed by atoms with Gasteiger partial charge in [-0.3, -0.25) is 4.79 Å². The minimum Gasteiger partial charge on any atom is -0.377 e. The molecule has 1 fully saturated rings. The van der Waals surface area contributed by atoms with Crippen molar-refractivity contribution < 1.29 is 9.53 Å². The first kappa shape index (κ1) is 13.1. The summed E-state index contributed by atoms with van der Waals surface area (Å²) in [5, 5.41) is 0.453. The van der Waals surface area contributed by atoms with Crippen molar-refractivity contribution in [3.63, 3.8) is 0 Å². The van der Waals surface area contributed by atoms with E-state index in [2.05, 4.69) is 22.9 Å². The lowest BCUT2D eigenvalue weighted by Gasteiger charge is -2.15. The largest absolute Gasteiger partial charge is 0.377 e. The summed E-state index contributed by atoms with van der Waals surface area (Å²) in [6.45, 7) is 4.53. The van der Waals surface area contributed by atoms with Crippen LogP contribution in [0.2, 0.25) is 0 Å². The minimum atomic E-state index is 0.111. The molecule has 1 aliphatic rings. The number of hydrogen-bond donors (Lipinski definition) is 0. The summed E-state index contributed by atoms with van der Waals surface area (Å²) in [4.78, 5) is 12.7. The number of halogens is 1. The smallest absolute Gasteiger partial charge is 0.160 e. The van der Waals surface area contributed by atoms with Crippen LogP contribution in [0.15, 0.2) is 27.6 Å². The predicted octanol–water partition coefficient (Wildman–Crippen LogP) is 3.92. The van der Waals surface area contributed by atoms with E-state index in [0.29, 0.717) is 5.25 Å². The van der Waals surface area contributed by atoms with E-state index in [4.69, 9.17) is 4.74 Å². The molecule has 1 saturated heterocycles. The first-order valence-electron chi connectivity index (χ1n) is 5.66. The Kier molecular flexibility index (Phi) is 4.28. The van der Waals surface area contributed by atoms with Crippen molar-refractivity contribution in [2.75, 3.05) is 6.61 Å². The zero-order valence-electron chi connectivity index (χ0n) is 9.90. The Hall–Kier alpha value is -0.320. The number of benzene rings is 1. The molecule has 17 heavy (non-hydrogen) atoms. The van der Waals surface area contributed by atoms with Crippen molar-refractivity contribution in [1.29, 1.82) is 0 Å². The van der Waals surface area contributed by atoms with Crippen molar-refractivity contribution >= 4 is 33.5 Å². The Balaban J connectivity index is 2.22. The third kappa shape index (κ3) is 3.12.